The molecular weight excluding hydrogens is 519 g/mol. The van der Waals surface area contributed by atoms with Crippen molar-refractivity contribution < 1.29 is 26.8 Å². The zero-order valence-corrected chi connectivity index (χ0v) is 25.2. The van der Waals surface area contributed by atoms with Crippen LogP contribution < -0.4 is 5.73 Å². The summed E-state index contributed by atoms with van der Waals surface area (Å²) in [6, 6.07) is 0. The van der Waals surface area contributed by atoms with E-state index in [9.17, 15) is 13.2 Å². The smallest absolute Gasteiger partial charge is 0.305 e. The zero-order chi connectivity index (χ0) is 28.1. The van der Waals surface area contributed by atoms with Gasteiger partial charge in [-0.3, -0.25) is 4.57 Å². The molecule has 0 bridgehead atoms. The maximum Gasteiger partial charge on any atom is 0.305 e. The van der Waals surface area contributed by atoms with Crippen molar-refractivity contribution in [1.29, 1.82) is 0 Å². The van der Waals surface area contributed by atoms with Gasteiger partial charge in [-0.2, -0.15) is 8.78 Å². The van der Waals surface area contributed by atoms with Gasteiger partial charge < -0.3 is 19.3 Å². The van der Waals surface area contributed by atoms with Crippen molar-refractivity contribution in [2.75, 3.05) is 5.73 Å². The fourth-order valence-electron chi connectivity index (χ4n) is 3.41. The van der Waals surface area contributed by atoms with Gasteiger partial charge in [0.1, 0.15) is 36.1 Å². The summed E-state index contributed by atoms with van der Waals surface area (Å²) in [5.74, 6) is -1.58. The number of rotatable bonds is 6. The number of hydrogen-bond donors (Lipinski definition) is 1. The number of nitrogens with two attached hydrogens (primary N) is 1. The van der Waals surface area contributed by atoms with Crippen molar-refractivity contribution in [2.24, 2.45) is 0 Å². The van der Waals surface area contributed by atoms with Gasteiger partial charge in [-0.1, -0.05) is 41.5 Å². The lowest BCUT2D eigenvalue weighted by molar-refractivity contribution is -0.00181. The first-order valence-electron chi connectivity index (χ1n) is 12.1. The Morgan fingerprint density at radius 3 is 2.08 bits per heavy atom. The van der Waals surface area contributed by atoms with E-state index in [1.807, 2.05) is 13.1 Å². The fourth-order valence-corrected chi connectivity index (χ4v) is 5.92. The Hall–Kier alpha value is -2.23. The van der Waals surface area contributed by atoms with Crippen LogP contribution in [0, 0.1) is 0 Å². The van der Waals surface area contributed by atoms with Crippen LogP contribution in [-0.4, -0.2) is 48.4 Å². The number of nitrogen functional groups attached to an aromatic ring is 1. The van der Waals surface area contributed by atoms with Crippen LogP contribution in [0.5, 0.6) is 0 Å². The number of allylic oxidation sites excluding steroid dienone is 2. The van der Waals surface area contributed by atoms with Crippen molar-refractivity contribution in [3.05, 3.63) is 36.4 Å². The van der Waals surface area contributed by atoms with Crippen LogP contribution in [0.15, 0.2) is 36.4 Å². The number of aromatic nitrogens is 4. The highest BCUT2D eigenvalue weighted by Crippen LogP contribution is 2.47. The van der Waals surface area contributed by atoms with Gasteiger partial charge in [0.05, 0.1) is 0 Å². The summed E-state index contributed by atoms with van der Waals surface area (Å²) in [6.07, 6.45) is -1.64. The summed E-state index contributed by atoms with van der Waals surface area (Å²) in [5.41, 5.74) is 6.72. The summed E-state index contributed by atoms with van der Waals surface area (Å²) in [4.78, 5) is 12.6. The van der Waals surface area contributed by atoms with Gasteiger partial charge in [0.15, 0.2) is 33.9 Å². The minimum Gasteiger partial charge on any atom is -0.469 e. The molecule has 0 saturated carbocycles. The second-order valence-corrected chi connectivity index (χ2v) is 21.9. The molecule has 3 heterocycles. The summed E-state index contributed by atoms with van der Waals surface area (Å²) in [6.45, 7) is 20.7. The molecule has 3 rings (SSSR count). The van der Waals surface area contributed by atoms with Crippen LogP contribution in [0.2, 0.25) is 36.3 Å². The van der Waals surface area contributed by atoms with Gasteiger partial charge in [0, 0.05) is 6.08 Å². The Bertz CT molecular complexity index is 1210. The highest BCUT2D eigenvalue weighted by atomic mass is 28.4. The normalized spacial score (nSPS) is 22.5. The molecule has 2 aromatic heterocycles. The van der Waals surface area contributed by atoms with E-state index in [4.69, 9.17) is 19.3 Å². The molecule has 1 aliphatic heterocycles. The third kappa shape index (κ3) is 5.78. The highest BCUT2D eigenvalue weighted by molar-refractivity contribution is 6.74. The van der Waals surface area contributed by atoms with E-state index in [1.54, 1.807) is 4.57 Å². The van der Waals surface area contributed by atoms with Gasteiger partial charge >= 0.3 is 6.08 Å². The van der Waals surface area contributed by atoms with Crippen LogP contribution in [0.1, 0.15) is 47.8 Å². The first-order valence-corrected chi connectivity index (χ1v) is 18.0. The van der Waals surface area contributed by atoms with Gasteiger partial charge in [0.25, 0.3) is 0 Å². The highest BCUT2D eigenvalue weighted by Gasteiger charge is 2.53. The molecular formula is C24H38F3N5O3Si2. The van der Waals surface area contributed by atoms with Crippen molar-refractivity contribution in [1.82, 2.24) is 19.5 Å². The maximum atomic E-state index is 14.3. The topological polar surface area (TPSA) is 97.3 Å². The fraction of sp³-hybridized carbons (Fsp3) is 0.625. The Morgan fingerprint density at radius 1 is 0.973 bits per heavy atom. The third-order valence-corrected chi connectivity index (χ3v) is 16.6. The molecule has 8 nitrogen and oxygen atoms in total. The van der Waals surface area contributed by atoms with Crippen molar-refractivity contribution in [3.63, 3.8) is 0 Å². The van der Waals surface area contributed by atoms with Crippen LogP contribution in [0.4, 0.5) is 19.0 Å². The molecule has 13 heteroatoms. The van der Waals surface area contributed by atoms with Crippen LogP contribution in [0.25, 0.3) is 11.2 Å². The molecule has 2 aromatic rings. The minimum atomic E-state index is -2.51. The summed E-state index contributed by atoms with van der Waals surface area (Å²) in [5, 5.41) is -0.411. The van der Waals surface area contributed by atoms with Crippen molar-refractivity contribution in [2.45, 2.75) is 96.2 Å². The predicted octanol–water partition coefficient (Wildman–Crippen LogP) is 6.68. The molecule has 0 aromatic carbocycles. The van der Waals surface area contributed by atoms with Gasteiger partial charge in [-0.15, -0.1) is 0 Å². The SMILES string of the molecule is CC(C)(C)[Si](C)(C)O[C@@H]1[C@H](O[Si](C)(C)C(C)(C)C)/C(=C/C(F)=C(F)F)O[C@H]1n1cnc2c(N)ncnc21. The molecule has 1 aliphatic rings. The first kappa shape index (κ1) is 29.3. The second kappa shape index (κ2) is 9.82. The van der Waals surface area contributed by atoms with E-state index in [0.717, 1.165) is 0 Å². The lowest BCUT2D eigenvalue weighted by atomic mass is 10.2. The molecule has 1 saturated heterocycles. The summed E-state index contributed by atoms with van der Waals surface area (Å²) >= 11 is 0. The van der Waals surface area contributed by atoms with Gasteiger partial charge in [-0.25, -0.2) is 19.3 Å². The van der Waals surface area contributed by atoms with Crippen LogP contribution in [-0.2, 0) is 13.6 Å². The minimum absolute atomic E-state index is 0.0762. The Labute approximate surface area is 218 Å². The number of fused-ring (bicyclic) bond motifs is 1. The largest absolute Gasteiger partial charge is 0.469 e. The molecule has 0 aliphatic carbocycles. The van der Waals surface area contributed by atoms with E-state index in [0.29, 0.717) is 17.2 Å². The average molecular weight is 558 g/mol. The molecule has 1 fully saturated rings. The van der Waals surface area contributed by atoms with E-state index < -0.39 is 47.0 Å². The quantitative estimate of drug-likeness (QED) is 0.396. The van der Waals surface area contributed by atoms with Gasteiger partial charge in [0.2, 0.25) is 6.23 Å². The third-order valence-electron chi connectivity index (χ3n) is 7.69. The lowest BCUT2D eigenvalue weighted by Gasteiger charge is -2.43. The Morgan fingerprint density at radius 2 is 1.54 bits per heavy atom. The molecule has 0 amide bonds. The molecule has 37 heavy (non-hydrogen) atoms. The number of imidazole rings is 1. The Kier molecular flexibility index (Phi) is 7.79. The molecule has 3 atom stereocenters. The molecule has 0 unspecified atom stereocenters. The number of hydrogen-bond acceptors (Lipinski definition) is 7. The molecule has 2 N–H and O–H groups in total. The van der Waals surface area contributed by atoms with E-state index in [-0.39, 0.29) is 21.7 Å². The predicted molar refractivity (Wildman–Crippen MR) is 142 cm³/mol. The van der Waals surface area contributed by atoms with Crippen molar-refractivity contribution >= 4 is 33.6 Å². The molecule has 206 valence electrons. The summed E-state index contributed by atoms with van der Waals surface area (Å²) in [7, 11) is -4.99. The van der Waals surface area contributed by atoms with E-state index >= 15 is 0 Å². The van der Waals surface area contributed by atoms with Crippen LogP contribution >= 0.6 is 0 Å². The van der Waals surface area contributed by atoms with E-state index in [2.05, 4.69) is 69.6 Å². The number of ether oxygens (including phenoxy) is 1. The second-order valence-electron chi connectivity index (χ2n) is 12.4. The number of anilines is 1. The van der Waals surface area contributed by atoms with Crippen LogP contribution in [0.3, 0.4) is 0 Å². The number of halogens is 3. The maximum absolute atomic E-state index is 14.3. The monoisotopic (exact) mass is 557 g/mol. The summed E-state index contributed by atoms with van der Waals surface area (Å²) < 4.78 is 62.0. The molecule has 0 spiro atoms. The first-order chi connectivity index (χ1) is 16.8. The number of nitrogens with zero attached hydrogens (tertiary/aromatic N) is 4. The molecule has 0 radical (unpaired) electrons. The average Bonchev–Trinajstić information content (AvgIpc) is 3.29. The lowest BCUT2D eigenvalue weighted by Crippen LogP contribution is -2.52. The zero-order valence-electron chi connectivity index (χ0n) is 23.2. The standard InChI is InChI=1S/C24H38F3N5O3Si2/c1-23(2,3)36(7,8)34-17-15(11-14(25)19(26)27)33-22(18(17)35-37(9,10)24(4,5)6)32-13-31-16-20(28)29-12-30-21(16)32/h11-13,17-18,22H,1-10H3,(H2,28,29,30)/b15-11-/t17-,18-,22-/m1/s1. The van der Waals surface area contributed by atoms with E-state index in [1.165, 1.54) is 12.7 Å². The Balaban J connectivity index is 2.24. The van der Waals surface area contributed by atoms with Gasteiger partial charge in [-0.05, 0) is 36.3 Å². The van der Waals surface area contributed by atoms with Crippen molar-refractivity contribution in [3.8, 4) is 0 Å².